The van der Waals surface area contributed by atoms with Crippen molar-refractivity contribution in [3.05, 3.63) is 24.3 Å². The number of para-hydroxylation sites is 1. The molecule has 6 heteroatoms. The van der Waals surface area contributed by atoms with Crippen molar-refractivity contribution in [1.29, 1.82) is 0 Å². The third-order valence-corrected chi connectivity index (χ3v) is 7.07. The van der Waals surface area contributed by atoms with Crippen molar-refractivity contribution >= 4 is 39.2 Å². The molecule has 2 fully saturated rings. The fraction of sp³-hybridized carbons (Fsp3) is 0.529. The molecule has 2 saturated heterocycles. The fourth-order valence-corrected chi connectivity index (χ4v) is 5.78. The smallest absolute Gasteiger partial charge is 0.233 e. The molecule has 0 spiro atoms. The summed E-state index contributed by atoms with van der Waals surface area (Å²) in [6.45, 7) is 0. The van der Waals surface area contributed by atoms with E-state index >= 15 is 0 Å². The molecule has 4 nitrogen and oxygen atoms in total. The van der Waals surface area contributed by atoms with Gasteiger partial charge in [0.05, 0.1) is 22.1 Å². The van der Waals surface area contributed by atoms with E-state index in [1.165, 1.54) is 4.70 Å². The van der Waals surface area contributed by atoms with Crippen LogP contribution < -0.4 is 0 Å². The average Bonchev–Trinajstić information content (AvgIpc) is 3.10. The highest BCUT2D eigenvalue weighted by Crippen LogP contribution is 2.38. The third-order valence-electron chi connectivity index (χ3n) is 4.90. The van der Waals surface area contributed by atoms with Crippen LogP contribution in [0.3, 0.4) is 0 Å². The summed E-state index contributed by atoms with van der Waals surface area (Å²) >= 11 is 3.24. The van der Waals surface area contributed by atoms with Crippen LogP contribution in [0.1, 0.15) is 25.7 Å². The number of carbonyl (C=O) groups is 1. The van der Waals surface area contributed by atoms with E-state index in [0.717, 1.165) is 35.5 Å². The normalized spacial score (nSPS) is 26.8. The molecule has 2 unspecified atom stereocenters. The molecule has 1 aromatic heterocycles. The maximum Gasteiger partial charge on any atom is 0.233 e. The molecular weight excluding hydrogens is 328 g/mol. The maximum absolute atomic E-state index is 12.7. The van der Waals surface area contributed by atoms with Crippen LogP contribution in [0.5, 0.6) is 0 Å². The van der Waals surface area contributed by atoms with Crippen LogP contribution in [-0.4, -0.2) is 46.8 Å². The van der Waals surface area contributed by atoms with Crippen molar-refractivity contribution in [3.63, 3.8) is 0 Å². The van der Waals surface area contributed by atoms with Crippen molar-refractivity contribution in [3.8, 4) is 0 Å². The minimum absolute atomic E-state index is 0.260. The lowest BCUT2D eigenvalue weighted by Gasteiger charge is -2.38. The van der Waals surface area contributed by atoms with Gasteiger partial charge in [0.15, 0.2) is 4.34 Å². The Morgan fingerprint density at radius 3 is 2.78 bits per heavy atom. The van der Waals surface area contributed by atoms with Crippen LogP contribution in [0.25, 0.3) is 10.2 Å². The first-order valence-electron chi connectivity index (χ1n) is 8.07. The van der Waals surface area contributed by atoms with Gasteiger partial charge in [-0.15, -0.1) is 11.3 Å². The number of hydrogen-bond acceptors (Lipinski definition) is 5. The molecular formula is C17H20N2O2S2. The van der Waals surface area contributed by atoms with Gasteiger partial charge in [0.2, 0.25) is 5.91 Å². The predicted octanol–water partition coefficient (Wildman–Crippen LogP) is 3.56. The lowest BCUT2D eigenvalue weighted by Crippen LogP contribution is -2.49. The second-order valence-corrected chi connectivity index (χ2v) is 8.50. The number of hydrogen-bond donors (Lipinski definition) is 0. The minimum Gasteiger partial charge on any atom is -0.381 e. The Balaban J connectivity index is 1.40. The van der Waals surface area contributed by atoms with Gasteiger partial charge in [-0.05, 0) is 37.8 Å². The zero-order chi connectivity index (χ0) is 15.8. The Morgan fingerprint density at radius 1 is 1.35 bits per heavy atom. The maximum atomic E-state index is 12.7. The molecule has 23 heavy (non-hydrogen) atoms. The van der Waals surface area contributed by atoms with Crippen LogP contribution in [0.4, 0.5) is 0 Å². The molecule has 1 amide bonds. The van der Waals surface area contributed by atoms with Crippen molar-refractivity contribution < 1.29 is 9.53 Å². The van der Waals surface area contributed by atoms with Crippen molar-refractivity contribution in [2.24, 2.45) is 0 Å². The van der Waals surface area contributed by atoms with Crippen molar-refractivity contribution in [2.45, 2.75) is 48.2 Å². The molecule has 2 aromatic rings. The number of carbonyl (C=O) groups excluding carboxylic acids is 1. The van der Waals surface area contributed by atoms with E-state index in [-0.39, 0.29) is 5.91 Å². The van der Waals surface area contributed by atoms with E-state index in [9.17, 15) is 4.79 Å². The van der Waals surface area contributed by atoms with E-state index in [1.807, 2.05) is 18.2 Å². The van der Waals surface area contributed by atoms with Crippen molar-refractivity contribution in [1.82, 2.24) is 9.88 Å². The van der Waals surface area contributed by atoms with Crippen LogP contribution in [0, 0.1) is 0 Å². The fourth-order valence-electron chi connectivity index (χ4n) is 3.84. The highest BCUT2D eigenvalue weighted by Gasteiger charge is 2.43. The number of ether oxygens (including phenoxy) is 1. The Morgan fingerprint density at radius 2 is 2.09 bits per heavy atom. The molecule has 0 saturated carbocycles. The summed E-state index contributed by atoms with van der Waals surface area (Å²) in [5.74, 6) is 0.751. The molecule has 2 atom stereocenters. The first kappa shape index (κ1) is 15.4. The number of amides is 1. The van der Waals surface area contributed by atoms with Crippen molar-refractivity contribution in [2.75, 3.05) is 12.9 Å². The van der Waals surface area contributed by atoms with Crippen LogP contribution in [0.15, 0.2) is 28.6 Å². The molecule has 3 heterocycles. The first-order chi connectivity index (χ1) is 11.2. The van der Waals surface area contributed by atoms with Gasteiger partial charge in [0.1, 0.15) is 0 Å². The van der Waals surface area contributed by atoms with Gasteiger partial charge in [-0.2, -0.15) is 0 Å². The molecule has 2 aliphatic rings. The number of fused-ring (bicyclic) bond motifs is 3. The van der Waals surface area contributed by atoms with Crippen LogP contribution in [0.2, 0.25) is 0 Å². The monoisotopic (exact) mass is 348 g/mol. The van der Waals surface area contributed by atoms with Gasteiger partial charge in [-0.25, -0.2) is 4.98 Å². The standard InChI is InChI=1S/C17H20N2O2S2/c1-21-13-8-11-6-7-12(9-13)19(11)16(20)10-22-17-18-14-4-2-3-5-15(14)23-17/h2-5,11-13H,6-10H2,1H3. The topological polar surface area (TPSA) is 42.4 Å². The van der Waals surface area contributed by atoms with E-state index in [1.54, 1.807) is 30.2 Å². The number of benzene rings is 1. The lowest BCUT2D eigenvalue weighted by molar-refractivity contribution is -0.135. The molecule has 4 rings (SSSR count). The van der Waals surface area contributed by atoms with E-state index in [2.05, 4.69) is 16.0 Å². The van der Waals surface area contributed by atoms with Crippen LogP contribution >= 0.6 is 23.1 Å². The molecule has 122 valence electrons. The lowest BCUT2D eigenvalue weighted by atomic mass is 10.00. The molecule has 2 aliphatic heterocycles. The van der Waals surface area contributed by atoms with Gasteiger partial charge in [0, 0.05) is 19.2 Å². The van der Waals surface area contributed by atoms with E-state index < -0.39 is 0 Å². The summed E-state index contributed by atoms with van der Waals surface area (Å²) in [7, 11) is 1.78. The molecule has 2 bridgehead atoms. The highest BCUT2D eigenvalue weighted by molar-refractivity contribution is 8.01. The zero-order valence-electron chi connectivity index (χ0n) is 13.1. The first-order valence-corrected chi connectivity index (χ1v) is 9.87. The quantitative estimate of drug-likeness (QED) is 0.793. The van der Waals surface area contributed by atoms with Gasteiger partial charge >= 0.3 is 0 Å². The van der Waals surface area contributed by atoms with Gasteiger partial charge in [-0.3, -0.25) is 4.79 Å². The largest absolute Gasteiger partial charge is 0.381 e. The minimum atomic E-state index is 0.260. The number of thiazole rings is 1. The third kappa shape index (κ3) is 2.99. The average molecular weight is 348 g/mol. The Bertz CT molecular complexity index is 670. The summed E-state index contributed by atoms with van der Waals surface area (Å²) in [4.78, 5) is 19.4. The molecule has 0 aliphatic carbocycles. The summed E-state index contributed by atoms with van der Waals surface area (Å²) in [6, 6.07) is 8.88. The number of thioether (sulfide) groups is 1. The second kappa shape index (κ2) is 6.42. The SMILES string of the molecule is COC1CC2CCC(C1)N2C(=O)CSc1nc2ccccc2s1. The van der Waals surface area contributed by atoms with E-state index in [4.69, 9.17) is 4.74 Å². The Hall–Kier alpha value is -1.11. The summed E-state index contributed by atoms with van der Waals surface area (Å²) in [6.07, 6.45) is 4.56. The Kier molecular flexibility index (Phi) is 4.30. The molecule has 1 aromatic carbocycles. The Labute approximate surface area is 144 Å². The molecule has 0 radical (unpaired) electrons. The second-order valence-electron chi connectivity index (χ2n) is 6.25. The van der Waals surface area contributed by atoms with E-state index in [0.29, 0.717) is 23.9 Å². The highest BCUT2D eigenvalue weighted by atomic mass is 32.2. The summed E-state index contributed by atoms with van der Waals surface area (Å²) in [5.41, 5.74) is 1.02. The number of piperidine rings is 1. The number of nitrogens with zero attached hydrogens (tertiary/aromatic N) is 2. The summed E-state index contributed by atoms with van der Waals surface area (Å²) in [5, 5.41) is 0. The number of aromatic nitrogens is 1. The zero-order valence-corrected chi connectivity index (χ0v) is 14.7. The molecule has 0 N–H and O–H groups in total. The van der Waals surface area contributed by atoms with Gasteiger partial charge in [0.25, 0.3) is 0 Å². The predicted molar refractivity (Wildman–Crippen MR) is 94.0 cm³/mol. The number of methoxy groups -OCH3 is 1. The number of rotatable bonds is 4. The van der Waals surface area contributed by atoms with Gasteiger partial charge in [-0.1, -0.05) is 23.9 Å². The van der Waals surface area contributed by atoms with Crippen LogP contribution in [-0.2, 0) is 9.53 Å². The summed E-state index contributed by atoms with van der Waals surface area (Å²) < 4.78 is 7.68. The van der Waals surface area contributed by atoms with Gasteiger partial charge < -0.3 is 9.64 Å².